The standard InChI is InChI=1S/C21H20N6O5S3/c1-32-26-15(13-10-35-20(22)24-13)16(28)25-21(11-33-8-5-12-4-2-3-7-23-12)18(31)27-14(17(29)30)6-9-34-19(21)27/h2-8,10,19H,9,11H2,1H3,(H2,22,24)(H,25,28)(H,29,30)/b8-5-,26-15?/t19-,21?/m0/s1. The first-order valence-corrected chi connectivity index (χ1v) is 13.1. The second-order valence-electron chi connectivity index (χ2n) is 7.24. The van der Waals surface area contributed by atoms with E-state index in [9.17, 15) is 19.5 Å². The average Bonchev–Trinajstić information content (AvgIpc) is 3.29. The maximum absolute atomic E-state index is 13.4. The number of β-lactam (4-membered cyclic amide) rings is 1. The third-order valence-corrected chi connectivity index (χ3v) is 8.01. The van der Waals surface area contributed by atoms with Crippen LogP contribution in [0.25, 0.3) is 6.08 Å². The molecule has 1 fully saturated rings. The molecule has 2 aromatic rings. The predicted octanol–water partition coefficient (Wildman–Crippen LogP) is 1.61. The number of amides is 2. The number of nitrogens with zero attached hydrogens (tertiary/aromatic N) is 4. The summed E-state index contributed by atoms with van der Waals surface area (Å²) in [5, 5.41) is 19.1. The maximum Gasteiger partial charge on any atom is 0.352 e. The van der Waals surface area contributed by atoms with Gasteiger partial charge >= 0.3 is 5.97 Å². The van der Waals surface area contributed by atoms with Gasteiger partial charge in [0.1, 0.15) is 23.9 Å². The van der Waals surface area contributed by atoms with E-state index in [1.807, 2.05) is 12.1 Å². The lowest BCUT2D eigenvalue weighted by atomic mass is 9.88. The second kappa shape index (κ2) is 10.5. The van der Waals surface area contributed by atoms with Crippen molar-refractivity contribution in [2.75, 3.05) is 24.3 Å². The van der Waals surface area contributed by atoms with Gasteiger partial charge in [0.2, 0.25) is 0 Å². The summed E-state index contributed by atoms with van der Waals surface area (Å²) in [6.45, 7) is 0. The molecule has 4 rings (SSSR count). The van der Waals surface area contributed by atoms with Gasteiger partial charge in [0.05, 0.1) is 5.69 Å². The molecule has 0 aliphatic carbocycles. The highest BCUT2D eigenvalue weighted by Gasteiger charge is 2.64. The van der Waals surface area contributed by atoms with Gasteiger partial charge in [0, 0.05) is 23.1 Å². The number of aromatic nitrogens is 2. The van der Waals surface area contributed by atoms with Crippen molar-refractivity contribution in [1.29, 1.82) is 0 Å². The Morgan fingerprint density at radius 1 is 1.49 bits per heavy atom. The number of thiazole rings is 1. The van der Waals surface area contributed by atoms with E-state index < -0.39 is 28.7 Å². The molecule has 1 saturated heterocycles. The lowest BCUT2D eigenvalue weighted by Gasteiger charge is -2.56. The number of carbonyl (C=O) groups is 3. The molecule has 182 valence electrons. The number of pyridine rings is 1. The number of oxime groups is 1. The molecular formula is C21H20N6O5S3. The van der Waals surface area contributed by atoms with Crippen molar-refractivity contribution in [2.45, 2.75) is 10.9 Å². The van der Waals surface area contributed by atoms with Crippen molar-refractivity contribution in [1.82, 2.24) is 20.2 Å². The summed E-state index contributed by atoms with van der Waals surface area (Å²) in [7, 11) is 1.29. The Balaban J connectivity index is 1.60. The lowest BCUT2D eigenvalue weighted by molar-refractivity contribution is -0.156. The van der Waals surface area contributed by atoms with Gasteiger partial charge in [-0.15, -0.1) is 34.9 Å². The maximum atomic E-state index is 13.4. The van der Waals surface area contributed by atoms with Crippen molar-refractivity contribution in [2.24, 2.45) is 5.16 Å². The summed E-state index contributed by atoms with van der Waals surface area (Å²) in [5.41, 5.74) is 5.01. The minimum absolute atomic E-state index is 0.101. The van der Waals surface area contributed by atoms with Gasteiger partial charge in [-0.2, -0.15) is 0 Å². The Morgan fingerprint density at radius 3 is 2.97 bits per heavy atom. The Labute approximate surface area is 212 Å². The van der Waals surface area contributed by atoms with Gasteiger partial charge in [-0.3, -0.25) is 19.5 Å². The lowest BCUT2D eigenvalue weighted by Crippen LogP contribution is -2.81. The first-order valence-electron chi connectivity index (χ1n) is 10.1. The zero-order valence-electron chi connectivity index (χ0n) is 18.3. The van der Waals surface area contributed by atoms with E-state index in [0.717, 1.165) is 17.0 Å². The number of anilines is 1. The van der Waals surface area contributed by atoms with Crippen molar-refractivity contribution < 1.29 is 24.3 Å². The SMILES string of the molecule is CON=C(C(=O)NC1(CS/C=C\c2ccccn2)C(=O)N2C(C(=O)O)=CCS[C@H]21)c1csc(N)n1. The van der Waals surface area contributed by atoms with Crippen molar-refractivity contribution in [3.8, 4) is 0 Å². The van der Waals surface area contributed by atoms with Gasteiger partial charge < -0.3 is 21.0 Å². The molecule has 0 saturated carbocycles. The van der Waals surface area contributed by atoms with Crippen molar-refractivity contribution >= 4 is 69.6 Å². The van der Waals surface area contributed by atoms with E-state index in [2.05, 4.69) is 20.4 Å². The number of hydrogen-bond donors (Lipinski definition) is 3. The fraction of sp³-hybridized carbons (Fsp3) is 0.238. The highest BCUT2D eigenvalue weighted by Crippen LogP contribution is 2.46. The van der Waals surface area contributed by atoms with Crippen LogP contribution in [0, 0.1) is 0 Å². The molecule has 11 nitrogen and oxygen atoms in total. The van der Waals surface area contributed by atoms with Crippen LogP contribution < -0.4 is 11.1 Å². The first-order chi connectivity index (χ1) is 16.9. The molecule has 0 radical (unpaired) electrons. The van der Waals surface area contributed by atoms with Crippen LogP contribution in [0.1, 0.15) is 11.4 Å². The Kier molecular flexibility index (Phi) is 7.42. The molecule has 0 bridgehead atoms. The van der Waals surface area contributed by atoms with Gasteiger partial charge in [0.25, 0.3) is 11.8 Å². The topological polar surface area (TPSA) is 160 Å². The second-order valence-corrected chi connectivity index (χ2v) is 10.1. The number of carbonyl (C=O) groups excluding carboxylic acids is 2. The van der Waals surface area contributed by atoms with Crippen molar-refractivity contribution in [3.05, 3.63) is 58.3 Å². The number of nitrogen functional groups attached to an aromatic ring is 1. The molecule has 2 amide bonds. The van der Waals surface area contributed by atoms with Crippen LogP contribution in [-0.4, -0.2) is 73.0 Å². The molecule has 14 heteroatoms. The van der Waals surface area contributed by atoms with Crippen LogP contribution in [0.5, 0.6) is 0 Å². The van der Waals surface area contributed by atoms with Crippen LogP contribution in [0.2, 0.25) is 0 Å². The van der Waals surface area contributed by atoms with Crippen LogP contribution >= 0.6 is 34.9 Å². The fourth-order valence-electron chi connectivity index (χ4n) is 3.55. The molecule has 2 aromatic heterocycles. The van der Waals surface area contributed by atoms with Gasteiger partial charge in [-0.25, -0.2) is 9.78 Å². The molecule has 2 aliphatic rings. The first kappa shape index (κ1) is 24.8. The summed E-state index contributed by atoms with van der Waals surface area (Å²) in [4.78, 5) is 52.7. The number of rotatable bonds is 9. The molecular weight excluding hydrogens is 512 g/mol. The molecule has 2 atom stereocenters. The highest BCUT2D eigenvalue weighted by molar-refractivity contribution is 8.02. The Hall–Kier alpha value is -3.36. The van der Waals surface area contributed by atoms with E-state index >= 15 is 0 Å². The van der Waals surface area contributed by atoms with E-state index in [0.29, 0.717) is 5.75 Å². The third kappa shape index (κ3) is 4.90. The number of hydrogen-bond acceptors (Lipinski definition) is 11. The molecule has 4 heterocycles. The number of aliphatic carboxylic acids is 1. The van der Waals surface area contributed by atoms with Gasteiger partial charge in [-0.05, 0) is 29.7 Å². The van der Waals surface area contributed by atoms with Crippen LogP contribution in [0.4, 0.5) is 5.13 Å². The number of thioether (sulfide) groups is 2. The average molecular weight is 533 g/mol. The largest absolute Gasteiger partial charge is 0.477 e. The minimum Gasteiger partial charge on any atom is -0.477 e. The quantitative estimate of drug-likeness (QED) is 0.246. The van der Waals surface area contributed by atoms with E-state index in [1.54, 1.807) is 29.1 Å². The van der Waals surface area contributed by atoms with E-state index in [4.69, 9.17) is 10.6 Å². The van der Waals surface area contributed by atoms with E-state index in [1.165, 1.54) is 41.6 Å². The van der Waals surface area contributed by atoms with Crippen LogP contribution in [-0.2, 0) is 19.2 Å². The normalized spacial score (nSPS) is 21.8. The molecule has 35 heavy (non-hydrogen) atoms. The minimum atomic E-state index is -1.38. The summed E-state index contributed by atoms with van der Waals surface area (Å²) in [5.74, 6) is -1.88. The Bertz CT molecular complexity index is 1230. The molecule has 0 aromatic carbocycles. The summed E-state index contributed by atoms with van der Waals surface area (Å²) >= 11 is 3.79. The molecule has 4 N–H and O–H groups in total. The Morgan fingerprint density at radius 2 is 2.31 bits per heavy atom. The van der Waals surface area contributed by atoms with Crippen LogP contribution in [0.3, 0.4) is 0 Å². The zero-order valence-corrected chi connectivity index (χ0v) is 20.7. The summed E-state index contributed by atoms with van der Waals surface area (Å²) in [6, 6.07) is 5.49. The number of fused-ring (bicyclic) bond motifs is 1. The highest BCUT2D eigenvalue weighted by atomic mass is 32.2. The van der Waals surface area contributed by atoms with Crippen LogP contribution in [0.15, 0.2) is 52.1 Å². The zero-order chi connectivity index (χ0) is 25.0. The van der Waals surface area contributed by atoms with Crippen molar-refractivity contribution in [3.63, 3.8) is 0 Å². The van der Waals surface area contributed by atoms with Gasteiger partial charge in [-0.1, -0.05) is 11.2 Å². The smallest absolute Gasteiger partial charge is 0.352 e. The fourth-order valence-corrected chi connectivity index (χ4v) is 6.47. The number of carboxylic acids is 1. The summed E-state index contributed by atoms with van der Waals surface area (Å²) in [6.07, 6.45) is 4.93. The number of nitrogens with two attached hydrogens (primary N) is 1. The number of carboxylic acid groups (broad SMARTS) is 1. The number of nitrogens with one attached hydrogen (secondary N) is 1. The third-order valence-electron chi connectivity index (χ3n) is 5.10. The monoisotopic (exact) mass is 532 g/mol. The molecule has 0 spiro atoms. The molecule has 1 unspecified atom stereocenters. The summed E-state index contributed by atoms with van der Waals surface area (Å²) < 4.78 is 0. The van der Waals surface area contributed by atoms with Gasteiger partial charge in [0.15, 0.2) is 16.4 Å². The molecule has 2 aliphatic heterocycles. The predicted molar refractivity (Wildman–Crippen MR) is 135 cm³/mol. The van der Waals surface area contributed by atoms with E-state index in [-0.39, 0.29) is 28.0 Å².